The van der Waals surface area contributed by atoms with Crippen molar-refractivity contribution >= 4 is 5.91 Å². The van der Waals surface area contributed by atoms with E-state index < -0.39 is 6.10 Å². The van der Waals surface area contributed by atoms with Gasteiger partial charge in [-0.3, -0.25) is 4.79 Å². The van der Waals surface area contributed by atoms with Crippen molar-refractivity contribution in [2.45, 2.75) is 59.6 Å². The molecule has 2 atom stereocenters. The number of carbonyl (C=O) groups is 1. The van der Waals surface area contributed by atoms with Crippen molar-refractivity contribution in [2.75, 3.05) is 7.11 Å². The molecule has 2 rings (SSSR count). The molecule has 0 aliphatic rings. The molecule has 0 aromatic heterocycles. The standard InChI is InChI=1S/C23H31NO3/c1-14(2)20-13-21(16(4)12-22(20)26-7)17(5)24-23(25)18(6)27-19-10-8-15(3)9-11-19/h8-14,17-18H,1-7H3,(H,24,25)/t17-,18-/m1/s1. The molecule has 1 amide bonds. The van der Waals surface area contributed by atoms with Crippen LogP contribution in [0.2, 0.25) is 0 Å². The van der Waals surface area contributed by atoms with Crippen molar-refractivity contribution < 1.29 is 14.3 Å². The minimum Gasteiger partial charge on any atom is -0.496 e. The number of benzene rings is 2. The number of nitrogens with one attached hydrogen (secondary N) is 1. The van der Waals surface area contributed by atoms with Gasteiger partial charge in [-0.2, -0.15) is 0 Å². The van der Waals surface area contributed by atoms with E-state index >= 15 is 0 Å². The molecule has 4 nitrogen and oxygen atoms in total. The summed E-state index contributed by atoms with van der Waals surface area (Å²) in [7, 11) is 1.69. The van der Waals surface area contributed by atoms with Crippen LogP contribution in [0.5, 0.6) is 11.5 Å². The topological polar surface area (TPSA) is 47.6 Å². The first-order valence-corrected chi connectivity index (χ1v) is 9.45. The minimum atomic E-state index is -0.571. The maximum Gasteiger partial charge on any atom is 0.261 e. The summed E-state index contributed by atoms with van der Waals surface area (Å²) >= 11 is 0. The van der Waals surface area contributed by atoms with Crippen molar-refractivity contribution in [3.8, 4) is 11.5 Å². The van der Waals surface area contributed by atoms with E-state index in [1.807, 2.05) is 51.1 Å². The summed E-state index contributed by atoms with van der Waals surface area (Å²) in [4.78, 5) is 12.6. The van der Waals surface area contributed by atoms with Crippen LogP contribution in [0.1, 0.15) is 61.9 Å². The van der Waals surface area contributed by atoms with Crippen molar-refractivity contribution in [3.05, 3.63) is 58.7 Å². The van der Waals surface area contributed by atoms with Gasteiger partial charge in [0.1, 0.15) is 11.5 Å². The SMILES string of the molecule is COc1cc(C)c([C@@H](C)NC(=O)[C@@H](C)Oc2ccc(C)cc2)cc1C(C)C. The highest BCUT2D eigenvalue weighted by Gasteiger charge is 2.20. The number of aryl methyl sites for hydroxylation is 2. The molecule has 0 fully saturated rings. The summed E-state index contributed by atoms with van der Waals surface area (Å²) in [6, 6.07) is 11.8. The third-order valence-electron chi connectivity index (χ3n) is 4.77. The van der Waals surface area contributed by atoms with Gasteiger partial charge < -0.3 is 14.8 Å². The monoisotopic (exact) mass is 369 g/mol. The quantitative estimate of drug-likeness (QED) is 0.740. The van der Waals surface area contributed by atoms with E-state index in [4.69, 9.17) is 9.47 Å². The predicted molar refractivity (Wildman–Crippen MR) is 110 cm³/mol. The van der Waals surface area contributed by atoms with Gasteiger partial charge in [-0.25, -0.2) is 0 Å². The lowest BCUT2D eigenvalue weighted by Gasteiger charge is -2.22. The van der Waals surface area contributed by atoms with Gasteiger partial charge in [-0.15, -0.1) is 0 Å². The van der Waals surface area contributed by atoms with Crippen LogP contribution in [0.3, 0.4) is 0 Å². The van der Waals surface area contributed by atoms with E-state index in [0.29, 0.717) is 11.7 Å². The Morgan fingerprint density at radius 1 is 0.963 bits per heavy atom. The van der Waals surface area contributed by atoms with Gasteiger partial charge in [0.05, 0.1) is 13.2 Å². The first-order valence-electron chi connectivity index (χ1n) is 9.45. The molecule has 2 aromatic carbocycles. The van der Waals surface area contributed by atoms with Gasteiger partial charge in [0.25, 0.3) is 5.91 Å². The van der Waals surface area contributed by atoms with E-state index in [9.17, 15) is 4.79 Å². The molecule has 2 aromatic rings. The van der Waals surface area contributed by atoms with Gasteiger partial charge >= 0.3 is 0 Å². The van der Waals surface area contributed by atoms with Crippen molar-refractivity contribution in [2.24, 2.45) is 0 Å². The normalized spacial score (nSPS) is 13.2. The molecule has 4 heteroatoms. The first-order chi connectivity index (χ1) is 12.7. The third kappa shape index (κ3) is 5.25. The second-order valence-electron chi connectivity index (χ2n) is 7.41. The van der Waals surface area contributed by atoms with Crippen LogP contribution < -0.4 is 14.8 Å². The Bertz CT molecular complexity index is 781. The fraction of sp³-hybridized carbons (Fsp3) is 0.435. The Morgan fingerprint density at radius 2 is 1.59 bits per heavy atom. The van der Waals surface area contributed by atoms with Crippen molar-refractivity contribution in [1.29, 1.82) is 0 Å². The molecular formula is C23H31NO3. The van der Waals surface area contributed by atoms with Crippen LogP contribution >= 0.6 is 0 Å². The molecule has 27 heavy (non-hydrogen) atoms. The van der Waals surface area contributed by atoms with Crippen LogP contribution in [-0.4, -0.2) is 19.1 Å². The fourth-order valence-corrected chi connectivity index (χ4v) is 3.09. The highest BCUT2D eigenvalue weighted by molar-refractivity contribution is 5.81. The highest BCUT2D eigenvalue weighted by atomic mass is 16.5. The van der Waals surface area contributed by atoms with E-state index in [1.165, 1.54) is 0 Å². The summed E-state index contributed by atoms with van der Waals surface area (Å²) < 4.78 is 11.3. The smallest absolute Gasteiger partial charge is 0.261 e. The molecule has 0 spiro atoms. The van der Waals surface area contributed by atoms with E-state index in [2.05, 4.69) is 25.2 Å². The van der Waals surface area contributed by atoms with Gasteiger partial charge in [0.2, 0.25) is 0 Å². The fourth-order valence-electron chi connectivity index (χ4n) is 3.09. The Morgan fingerprint density at radius 3 is 2.15 bits per heavy atom. The number of methoxy groups -OCH3 is 1. The van der Waals surface area contributed by atoms with Crippen LogP contribution in [0.4, 0.5) is 0 Å². The maximum atomic E-state index is 12.6. The first kappa shape index (κ1) is 20.8. The molecule has 1 N–H and O–H groups in total. The van der Waals surface area contributed by atoms with Crippen LogP contribution in [0, 0.1) is 13.8 Å². The Kier molecular flexibility index (Phi) is 6.89. The Hall–Kier alpha value is -2.49. The largest absolute Gasteiger partial charge is 0.496 e. The summed E-state index contributed by atoms with van der Waals surface area (Å²) in [5.41, 5.74) is 4.48. The number of hydrogen-bond acceptors (Lipinski definition) is 3. The minimum absolute atomic E-state index is 0.120. The van der Waals surface area contributed by atoms with E-state index in [0.717, 1.165) is 28.0 Å². The Labute approximate surface area is 162 Å². The molecule has 0 radical (unpaired) electrons. The molecule has 0 bridgehead atoms. The van der Waals surface area contributed by atoms with Crippen LogP contribution in [0.15, 0.2) is 36.4 Å². The molecule has 0 unspecified atom stereocenters. The van der Waals surface area contributed by atoms with E-state index in [1.54, 1.807) is 14.0 Å². The lowest BCUT2D eigenvalue weighted by atomic mass is 9.93. The molecule has 0 heterocycles. The van der Waals surface area contributed by atoms with Crippen LogP contribution in [0.25, 0.3) is 0 Å². The molecule has 0 aliphatic heterocycles. The average Bonchev–Trinajstić information content (AvgIpc) is 2.62. The summed E-state index contributed by atoms with van der Waals surface area (Å²) in [5, 5.41) is 3.07. The zero-order chi connectivity index (χ0) is 20.1. The van der Waals surface area contributed by atoms with Gasteiger partial charge in [-0.05, 0) is 74.6 Å². The zero-order valence-electron chi connectivity index (χ0n) is 17.4. The summed E-state index contributed by atoms with van der Waals surface area (Å²) in [6.07, 6.45) is -0.571. The summed E-state index contributed by atoms with van der Waals surface area (Å²) in [6.45, 7) is 12.1. The third-order valence-corrected chi connectivity index (χ3v) is 4.77. The zero-order valence-corrected chi connectivity index (χ0v) is 17.4. The number of ether oxygens (including phenoxy) is 2. The second-order valence-corrected chi connectivity index (χ2v) is 7.41. The van der Waals surface area contributed by atoms with Crippen molar-refractivity contribution in [1.82, 2.24) is 5.32 Å². The number of rotatable bonds is 7. The number of hydrogen-bond donors (Lipinski definition) is 1. The number of carbonyl (C=O) groups excluding carboxylic acids is 1. The van der Waals surface area contributed by atoms with Gasteiger partial charge in [0, 0.05) is 0 Å². The highest BCUT2D eigenvalue weighted by Crippen LogP contribution is 2.32. The maximum absolute atomic E-state index is 12.6. The molecule has 146 valence electrons. The molecular weight excluding hydrogens is 338 g/mol. The van der Waals surface area contributed by atoms with Gasteiger partial charge in [0.15, 0.2) is 6.10 Å². The second kappa shape index (κ2) is 8.94. The molecule has 0 saturated carbocycles. The van der Waals surface area contributed by atoms with E-state index in [-0.39, 0.29) is 11.9 Å². The predicted octanol–water partition coefficient (Wildman–Crippen LogP) is 5.08. The number of amides is 1. The average molecular weight is 370 g/mol. The van der Waals surface area contributed by atoms with Crippen LogP contribution in [-0.2, 0) is 4.79 Å². The Balaban J connectivity index is 2.11. The molecule has 0 saturated heterocycles. The molecule has 0 aliphatic carbocycles. The lowest BCUT2D eigenvalue weighted by molar-refractivity contribution is -0.127. The van der Waals surface area contributed by atoms with Crippen molar-refractivity contribution in [3.63, 3.8) is 0 Å². The van der Waals surface area contributed by atoms with Gasteiger partial charge in [-0.1, -0.05) is 31.5 Å². The lowest BCUT2D eigenvalue weighted by Crippen LogP contribution is -2.38. The summed E-state index contributed by atoms with van der Waals surface area (Å²) in [5.74, 6) is 1.79.